The summed E-state index contributed by atoms with van der Waals surface area (Å²) in [6, 6.07) is 7.96. The molecule has 1 aliphatic heterocycles. The smallest absolute Gasteiger partial charge is 0.351 e. The minimum Gasteiger partial charge on any atom is -0.351 e. The molecule has 34 heavy (non-hydrogen) atoms. The summed E-state index contributed by atoms with van der Waals surface area (Å²) in [5, 5.41) is 9.80. The molecule has 2 aromatic heterocycles. The van der Waals surface area contributed by atoms with Gasteiger partial charge < -0.3 is 10.2 Å². The SMILES string of the molecule is O=C(NCCC(=O)N1CCCC[C@H]1c1[nH]ncc1-c1ccc(C(F)(F)F)cc1)c1cccnc1. The third-order valence-electron chi connectivity index (χ3n) is 5.90. The highest BCUT2D eigenvalue weighted by molar-refractivity contribution is 5.94. The van der Waals surface area contributed by atoms with Crippen LogP contribution in [0, 0.1) is 0 Å². The molecule has 0 saturated carbocycles. The zero-order chi connectivity index (χ0) is 24.1. The minimum atomic E-state index is -4.41. The Bertz CT molecular complexity index is 1130. The fraction of sp³-hybridized carbons (Fsp3) is 0.333. The molecule has 0 spiro atoms. The Morgan fingerprint density at radius 3 is 2.62 bits per heavy atom. The lowest BCUT2D eigenvalue weighted by atomic mass is 9.94. The number of likely N-dealkylation sites (tertiary alicyclic amines) is 1. The number of rotatable bonds is 6. The van der Waals surface area contributed by atoms with E-state index in [4.69, 9.17) is 0 Å². The monoisotopic (exact) mass is 471 g/mol. The number of alkyl halides is 3. The van der Waals surface area contributed by atoms with Gasteiger partial charge in [0.2, 0.25) is 5.91 Å². The number of H-pyrrole nitrogens is 1. The molecule has 7 nitrogen and oxygen atoms in total. The van der Waals surface area contributed by atoms with Gasteiger partial charge in [-0.05, 0) is 49.1 Å². The summed E-state index contributed by atoms with van der Waals surface area (Å²) in [5.74, 6) is -0.404. The Morgan fingerprint density at radius 1 is 1.12 bits per heavy atom. The molecular formula is C24H24F3N5O2. The van der Waals surface area contributed by atoms with Crippen LogP contribution in [0.3, 0.4) is 0 Å². The van der Waals surface area contributed by atoms with E-state index in [1.54, 1.807) is 29.4 Å². The van der Waals surface area contributed by atoms with E-state index < -0.39 is 11.7 Å². The summed E-state index contributed by atoms with van der Waals surface area (Å²) in [6.07, 6.45) is 2.81. The van der Waals surface area contributed by atoms with Crippen molar-refractivity contribution in [3.63, 3.8) is 0 Å². The molecule has 1 aromatic carbocycles. The lowest BCUT2D eigenvalue weighted by Gasteiger charge is -2.36. The number of nitrogens with one attached hydrogen (secondary N) is 2. The van der Waals surface area contributed by atoms with Gasteiger partial charge in [-0.1, -0.05) is 12.1 Å². The quantitative estimate of drug-likeness (QED) is 0.559. The fourth-order valence-electron chi connectivity index (χ4n) is 4.17. The number of hydrogen-bond donors (Lipinski definition) is 2. The van der Waals surface area contributed by atoms with E-state index in [9.17, 15) is 22.8 Å². The normalized spacial score (nSPS) is 16.3. The lowest BCUT2D eigenvalue weighted by molar-refractivity contribution is -0.137. The van der Waals surface area contributed by atoms with Gasteiger partial charge in [0, 0.05) is 37.5 Å². The van der Waals surface area contributed by atoms with Crippen LogP contribution < -0.4 is 5.32 Å². The van der Waals surface area contributed by atoms with Gasteiger partial charge in [0.05, 0.1) is 29.1 Å². The average Bonchev–Trinajstić information content (AvgIpc) is 3.34. The highest BCUT2D eigenvalue weighted by Crippen LogP contribution is 2.37. The Hall–Kier alpha value is -3.69. The first-order valence-corrected chi connectivity index (χ1v) is 11.0. The number of carbonyl (C=O) groups is 2. The molecule has 10 heteroatoms. The standard InChI is InChI=1S/C24H24F3N5O2/c25-24(26,27)18-8-6-16(7-9-18)19-15-30-31-22(19)20-5-1-2-13-32(20)21(33)10-12-29-23(34)17-4-3-11-28-14-17/h3-4,6-9,11,14-15,20H,1-2,5,10,12-13H2,(H,29,34)(H,30,31)/t20-/m0/s1. The molecule has 0 unspecified atom stereocenters. The Morgan fingerprint density at radius 2 is 1.91 bits per heavy atom. The summed E-state index contributed by atoms with van der Waals surface area (Å²) in [6.45, 7) is 0.746. The Kier molecular flexibility index (Phi) is 6.95. The van der Waals surface area contributed by atoms with Crippen LogP contribution in [0.5, 0.6) is 0 Å². The van der Waals surface area contributed by atoms with Crippen LogP contribution in [0.15, 0.2) is 55.0 Å². The number of nitrogens with zero attached hydrogens (tertiary/aromatic N) is 3. The second-order valence-corrected chi connectivity index (χ2v) is 8.12. The first-order valence-electron chi connectivity index (χ1n) is 11.0. The second-order valence-electron chi connectivity index (χ2n) is 8.12. The van der Waals surface area contributed by atoms with E-state index in [0.29, 0.717) is 35.3 Å². The molecule has 0 aliphatic carbocycles. The number of carbonyl (C=O) groups excluding carboxylic acids is 2. The van der Waals surface area contributed by atoms with Crippen LogP contribution in [0.4, 0.5) is 13.2 Å². The number of amides is 2. The number of pyridine rings is 1. The summed E-state index contributed by atoms with van der Waals surface area (Å²) in [5.41, 5.74) is 1.67. The van der Waals surface area contributed by atoms with Crippen molar-refractivity contribution < 1.29 is 22.8 Å². The lowest BCUT2D eigenvalue weighted by Crippen LogP contribution is -2.40. The third kappa shape index (κ3) is 5.27. The molecule has 1 aliphatic rings. The second kappa shape index (κ2) is 10.1. The van der Waals surface area contributed by atoms with Crippen LogP contribution in [-0.2, 0) is 11.0 Å². The number of aromatic nitrogens is 3. The molecular weight excluding hydrogens is 447 g/mol. The molecule has 3 aromatic rings. The van der Waals surface area contributed by atoms with Crippen molar-refractivity contribution in [2.24, 2.45) is 0 Å². The topological polar surface area (TPSA) is 91.0 Å². The van der Waals surface area contributed by atoms with E-state index >= 15 is 0 Å². The summed E-state index contributed by atoms with van der Waals surface area (Å²) >= 11 is 0. The number of piperidine rings is 1. The number of hydrogen-bond acceptors (Lipinski definition) is 4. The molecule has 0 bridgehead atoms. The van der Waals surface area contributed by atoms with Gasteiger partial charge in [-0.3, -0.25) is 19.7 Å². The highest BCUT2D eigenvalue weighted by atomic mass is 19.4. The van der Waals surface area contributed by atoms with Crippen LogP contribution in [0.1, 0.15) is 53.3 Å². The Balaban J connectivity index is 1.45. The zero-order valence-electron chi connectivity index (χ0n) is 18.3. The van der Waals surface area contributed by atoms with E-state index in [0.717, 1.165) is 25.0 Å². The van der Waals surface area contributed by atoms with Crippen molar-refractivity contribution in [3.8, 4) is 11.1 Å². The average molecular weight is 471 g/mol. The van der Waals surface area contributed by atoms with Crippen LogP contribution >= 0.6 is 0 Å². The largest absolute Gasteiger partial charge is 0.416 e. The number of halogens is 3. The molecule has 1 atom stereocenters. The van der Waals surface area contributed by atoms with Crippen LogP contribution in [0.25, 0.3) is 11.1 Å². The summed E-state index contributed by atoms with van der Waals surface area (Å²) in [4.78, 5) is 30.9. The molecule has 3 heterocycles. The van der Waals surface area contributed by atoms with E-state index in [1.165, 1.54) is 18.3 Å². The van der Waals surface area contributed by atoms with Crippen LogP contribution in [0.2, 0.25) is 0 Å². The van der Waals surface area contributed by atoms with Crippen molar-refractivity contribution >= 4 is 11.8 Å². The molecule has 1 fully saturated rings. The van der Waals surface area contributed by atoms with Gasteiger partial charge in [-0.2, -0.15) is 18.3 Å². The van der Waals surface area contributed by atoms with Gasteiger partial charge in [0.25, 0.3) is 5.91 Å². The molecule has 0 radical (unpaired) electrons. The maximum Gasteiger partial charge on any atom is 0.416 e. The van der Waals surface area contributed by atoms with E-state index in [-0.39, 0.29) is 30.8 Å². The van der Waals surface area contributed by atoms with E-state index in [2.05, 4.69) is 20.5 Å². The minimum absolute atomic E-state index is 0.107. The number of benzene rings is 1. The molecule has 2 amide bonds. The Labute approximate surface area is 194 Å². The molecule has 4 rings (SSSR count). The van der Waals surface area contributed by atoms with E-state index in [1.807, 2.05) is 0 Å². The summed E-state index contributed by atoms with van der Waals surface area (Å²) in [7, 11) is 0. The fourth-order valence-corrected chi connectivity index (χ4v) is 4.17. The van der Waals surface area contributed by atoms with Crippen molar-refractivity contribution in [2.75, 3.05) is 13.1 Å². The molecule has 2 N–H and O–H groups in total. The first-order chi connectivity index (χ1) is 16.3. The first kappa shape index (κ1) is 23.5. The van der Waals surface area contributed by atoms with Crippen molar-refractivity contribution in [1.29, 1.82) is 0 Å². The van der Waals surface area contributed by atoms with Crippen molar-refractivity contribution in [2.45, 2.75) is 37.9 Å². The van der Waals surface area contributed by atoms with Crippen LogP contribution in [-0.4, -0.2) is 45.0 Å². The zero-order valence-corrected chi connectivity index (χ0v) is 18.3. The van der Waals surface area contributed by atoms with Gasteiger partial charge in [-0.15, -0.1) is 0 Å². The third-order valence-corrected chi connectivity index (χ3v) is 5.90. The van der Waals surface area contributed by atoms with Gasteiger partial charge in [-0.25, -0.2) is 0 Å². The number of aromatic amines is 1. The maximum absolute atomic E-state index is 13.0. The highest BCUT2D eigenvalue weighted by Gasteiger charge is 2.32. The van der Waals surface area contributed by atoms with Gasteiger partial charge in [0.15, 0.2) is 0 Å². The van der Waals surface area contributed by atoms with Crippen molar-refractivity contribution in [3.05, 3.63) is 71.8 Å². The molecule has 178 valence electrons. The van der Waals surface area contributed by atoms with Gasteiger partial charge in [0.1, 0.15) is 0 Å². The molecule has 1 saturated heterocycles. The van der Waals surface area contributed by atoms with Gasteiger partial charge >= 0.3 is 6.18 Å². The maximum atomic E-state index is 13.0. The van der Waals surface area contributed by atoms with Crippen molar-refractivity contribution in [1.82, 2.24) is 25.4 Å². The predicted molar refractivity (Wildman–Crippen MR) is 119 cm³/mol. The predicted octanol–water partition coefficient (Wildman–Crippen LogP) is 4.36. The summed E-state index contributed by atoms with van der Waals surface area (Å²) < 4.78 is 38.8.